The van der Waals surface area contributed by atoms with E-state index < -0.39 is 15.8 Å². The maximum Gasteiger partial charge on any atom is 0.248 e. The van der Waals surface area contributed by atoms with Crippen molar-refractivity contribution in [2.75, 3.05) is 37.6 Å². The summed E-state index contributed by atoms with van der Waals surface area (Å²) in [6, 6.07) is 14.8. The van der Waals surface area contributed by atoms with Gasteiger partial charge < -0.3 is 14.3 Å². The minimum absolute atomic E-state index is 0.0223. The van der Waals surface area contributed by atoms with Crippen LogP contribution in [0, 0.1) is 25.6 Å². The number of aryl methyl sites for hydroxylation is 2. The van der Waals surface area contributed by atoms with Gasteiger partial charge >= 0.3 is 0 Å². The third-order valence-electron chi connectivity index (χ3n) is 7.83. The maximum atomic E-state index is 14.0. The summed E-state index contributed by atoms with van der Waals surface area (Å²) in [6.45, 7) is 8.31. The average Bonchev–Trinajstić information content (AvgIpc) is 3.33. The number of rotatable bonds is 6. The van der Waals surface area contributed by atoms with Gasteiger partial charge in [0.25, 0.3) is 0 Å². The summed E-state index contributed by atoms with van der Waals surface area (Å²) in [4.78, 5) is 17.7. The quantitative estimate of drug-likeness (QED) is 0.429. The molecule has 0 N–H and O–H groups in total. The number of anilines is 1. The first-order valence-electron chi connectivity index (χ1n) is 13.7. The van der Waals surface area contributed by atoms with Crippen molar-refractivity contribution in [1.82, 2.24) is 14.4 Å². The number of aromatic nitrogens is 1. The Labute approximate surface area is 235 Å². The molecule has 5 rings (SSSR count). The van der Waals surface area contributed by atoms with Crippen molar-refractivity contribution in [3.63, 3.8) is 0 Å². The zero-order chi connectivity index (χ0) is 28.4. The molecule has 10 heteroatoms. The van der Waals surface area contributed by atoms with Gasteiger partial charge in [0.1, 0.15) is 11.5 Å². The Morgan fingerprint density at radius 2 is 1.77 bits per heavy atom. The number of halogens is 1. The molecule has 3 heterocycles. The molecule has 0 bridgehead atoms. The van der Waals surface area contributed by atoms with Gasteiger partial charge in [0.05, 0.1) is 0 Å². The molecule has 0 saturated carbocycles. The second-order valence-electron chi connectivity index (χ2n) is 10.7. The van der Waals surface area contributed by atoms with Crippen molar-refractivity contribution >= 4 is 33.8 Å². The fourth-order valence-corrected chi connectivity index (χ4v) is 7.37. The Balaban J connectivity index is 1.22. The van der Waals surface area contributed by atoms with E-state index in [0.29, 0.717) is 31.5 Å². The van der Waals surface area contributed by atoms with Crippen LogP contribution in [0.1, 0.15) is 42.3 Å². The van der Waals surface area contributed by atoms with Crippen LogP contribution < -0.4 is 4.90 Å². The predicted molar refractivity (Wildman–Crippen MR) is 153 cm³/mol. The molecule has 1 aromatic heterocycles. The van der Waals surface area contributed by atoms with Crippen LogP contribution in [-0.4, -0.2) is 67.5 Å². The first-order valence-corrected chi connectivity index (χ1v) is 15.1. The number of hydrogen-bond donors (Lipinski definition) is 0. The van der Waals surface area contributed by atoms with Crippen molar-refractivity contribution in [2.24, 2.45) is 5.92 Å². The molecule has 1 amide bonds. The molecule has 1 unspecified atom stereocenters. The van der Waals surface area contributed by atoms with Crippen molar-refractivity contribution in [3.8, 4) is 0 Å². The van der Waals surface area contributed by atoms with E-state index in [4.69, 9.17) is 4.52 Å². The SMILES string of the molecule is Cc1cccc(N2CCN(C(=O)C3CCN(S(=O)(=O)c4c(C)noc4/C=C/c4ccccc4F)CC3)CC2C)c1. The van der Waals surface area contributed by atoms with Gasteiger partial charge in [-0.1, -0.05) is 35.5 Å². The van der Waals surface area contributed by atoms with Crippen LogP contribution in [0.4, 0.5) is 10.1 Å². The molecule has 3 aromatic rings. The summed E-state index contributed by atoms with van der Waals surface area (Å²) >= 11 is 0. The third-order valence-corrected chi connectivity index (χ3v) is 9.88. The lowest BCUT2D eigenvalue weighted by Gasteiger charge is -2.43. The molecule has 2 aliphatic heterocycles. The third kappa shape index (κ3) is 5.69. The normalized spacial score (nSPS) is 19.4. The number of amides is 1. The summed E-state index contributed by atoms with van der Waals surface area (Å²) in [5, 5.41) is 3.87. The fraction of sp³-hybridized carbons (Fsp3) is 0.400. The lowest BCUT2D eigenvalue weighted by Crippen LogP contribution is -2.55. The van der Waals surface area contributed by atoms with Gasteiger partial charge in [-0.3, -0.25) is 4.79 Å². The molecule has 8 nitrogen and oxygen atoms in total. The van der Waals surface area contributed by atoms with Gasteiger partial charge in [-0.05, 0) is 69.5 Å². The Hall–Kier alpha value is -3.50. The molecular weight excluding hydrogens is 531 g/mol. The minimum Gasteiger partial charge on any atom is -0.365 e. The zero-order valence-corrected chi connectivity index (χ0v) is 23.9. The number of carbonyl (C=O) groups excluding carboxylic acids is 1. The smallest absolute Gasteiger partial charge is 0.248 e. The van der Waals surface area contributed by atoms with E-state index >= 15 is 0 Å². The summed E-state index contributed by atoms with van der Waals surface area (Å²) < 4.78 is 47.9. The molecular formula is C30H35FN4O4S. The van der Waals surface area contributed by atoms with Crippen LogP contribution in [0.3, 0.4) is 0 Å². The molecule has 212 valence electrons. The maximum absolute atomic E-state index is 14.0. The molecule has 0 spiro atoms. The lowest BCUT2D eigenvalue weighted by atomic mass is 9.95. The van der Waals surface area contributed by atoms with Gasteiger partial charge in [0.2, 0.25) is 15.9 Å². The molecule has 0 radical (unpaired) electrons. The van der Waals surface area contributed by atoms with Gasteiger partial charge in [-0.25, -0.2) is 12.8 Å². The van der Waals surface area contributed by atoms with Crippen LogP contribution in [0.25, 0.3) is 12.2 Å². The van der Waals surface area contributed by atoms with Crippen molar-refractivity contribution < 1.29 is 22.1 Å². The highest BCUT2D eigenvalue weighted by Crippen LogP contribution is 2.31. The first kappa shape index (κ1) is 28.0. The zero-order valence-electron chi connectivity index (χ0n) is 23.1. The first-order chi connectivity index (χ1) is 19.1. The van der Waals surface area contributed by atoms with Crippen molar-refractivity contribution in [3.05, 3.63) is 76.9 Å². The predicted octanol–water partition coefficient (Wildman–Crippen LogP) is 4.74. The Morgan fingerprint density at radius 1 is 1.02 bits per heavy atom. The van der Waals surface area contributed by atoms with E-state index in [1.807, 2.05) is 4.90 Å². The summed E-state index contributed by atoms with van der Waals surface area (Å²) in [5.41, 5.74) is 2.94. The molecule has 40 heavy (non-hydrogen) atoms. The van der Waals surface area contributed by atoms with E-state index in [-0.39, 0.29) is 47.3 Å². The number of piperidine rings is 1. The van der Waals surface area contributed by atoms with E-state index in [1.165, 1.54) is 33.8 Å². The van der Waals surface area contributed by atoms with Crippen LogP contribution in [0.2, 0.25) is 0 Å². The Bertz CT molecular complexity index is 1510. The highest BCUT2D eigenvalue weighted by molar-refractivity contribution is 7.89. The van der Waals surface area contributed by atoms with Gasteiger partial charge in [-0.15, -0.1) is 0 Å². The minimum atomic E-state index is -3.92. The van der Waals surface area contributed by atoms with Gasteiger partial charge in [0, 0.05) is 55.9 Å². The van der Waals surface area contributed by atoms with Crippen LogP contribution in [-0.2, 0) is 14.8 Å². The largest absolute Gasteiger partial charge is 0.365 e. The molecule has 1 atom stereocenters. The second-order valence-corrected chi connectivity index (χ2v) is 12.5. The van der Waals surface area contributed by atoms with Crippen LogP contribution in [0.5, 0.6) is 0 Å². The highest BCUT2D eigenvalue weighted by Gasteiger charge is 2.38. The molecule has 2 aliphatic rings. The number of sulfonamides is 1. The molecule has 2 aromatic carbocycles. The number of hydrogen-bond acceptors (Lipinski definition) is 6. The Morgan fingerprint density at radius 3 is 2.48 bits per heavy atom. The summed E-state index contributed by atoms with van der Waals surface area (Å²) in [7, 11) is -3.92. The van der Waals surface area contributed by atoms with Crippen molar-refractivity contribution in [1.29, 1.82) is 0 Å². The summed E-state index contributed by atoms with van der Waals surface area (Å²) in [5.74, 6) is -0.479. The van der Waals surface area contributed by atoms with Gasteiger partial charge in [0.15, 0.2) is 10.7 Å². The van der Waals surface area contributed by atoms with E-state index in [1.54, 1.807) is 25.1 Å². The standard InChI is InChI=1S/C30H35FN4O4S/c1-21-7-6-9-26(19-21)35-18-17-33(20-22(35)2)30(36)25-13-15-34(16-14-25)40(37,38)29-23(3)32-39-28(29)12-11-24-8-4-5-10-27(24)31/h4-12,19,22,25H,13-18,20H2,1-3H3/b12-11+. The van der Waals surface area contributed by atoms with E-state index in [9.17, 15) is 17.6 Å². The molecule has 0 aliphatic carbocycles. The average molecular weight is 567 g/mol. The second kappa shape index (κ2) is 11.5. The lowest BCUT2D eigenvalue weighted by molar-refractivity contribution is -0.137. The number of benzene rings is 2. The monoisotopic (exact) mass is 566 g/mol. The number of nitrogens with zero attached hydrogens (tertiary/aromatic N) is 4. The van der Waals surface area contributed by atoms with E-state index in [2.05, 4.69) is 48.2 Å². The molecule has 2 fully saturated rings. The van der Waals surface area contributed by atoms with Crippen LogP contribution in [0.15, 0.2) is 57.9 Å². The summed E-state index contributed by atoms with van der Waals surface area (Å²) in [6.07, 6.45) is 3.81. The van der Waals surface area contributed by atoms with E-state index in [0.717, 1.165) is 6.54 Å². The Kier molecular flexibility index (Phi) is 8.09. The van der Waals surface area contributed by atoms with Crippen molar-refractivity contribution in [2.45, 2.75) is 44.6 Å². The number of piperazine rings is 1. The molecule has 2 saturated heterocycles. The number of carbonyl (C=O) groups is 1. The fourth-order valence-electron chi connectivity index (χ4n) is 5.65. The topological polar surface area (TPSA) is 87.0 Å². The van der Waals surface area contributed by atoms with Gasteiger partial charge in [-0.2, -0.15) is 4.31 Å². The highest BCUT2D eigenvalue weighted by atomic mass is 32.2. The van der Waals surface area contributed by atoms with Crippen LogP contribution >= 0.6 is 0 Å².